The molecule has 1 aliphatic rings. The molecule has 1 aromatic carbocycles. The minimum absolute atomic E-state index is 0.0470. The monoisotopic (exact) mass is 333 g/mol. The molecule has 0 saturated carbocycles. The lowest BCUT2D eigenvalue weighted by atomic mass is 10.2. The molecule has 2 aromatic rings. The molecule has 1 aliphatic heterocycles. The van der Waals surface area contributed by atoms with E-state index in [1.165, 1.54) is 6.20 Å². The van der Waals surface area contributed by atoms with E-state index in [0.717, 1.165) is 25.9 Å². The number of aromatic nitrogens is 2. The first kappa shape index (κ1) is 15.6. The van der Waals surface area contributed by atoms with Gasteiger partial charge in [-0.05, 0) is 31.0 Å². The highest BCUT2D eigenvalue weighted by Gasteiger charge is 2.19. The zero-order valence-corrected chi connectivity index (χ0v) is 13.2. The smallest absolute Gasteiger partial charge is 0.339 e. The van der Waals surface area contributed by atoms with Gasteiger partial charge in [0.25, 0.3) is 0 Å². The van der Waals surface area contributed by atoms with Crippen LogP contribution < -0.4 is 9.64 Å². The Kier molecular flexibility index (Phi) is 4.62. The van der Waals surface area contributed by atoms with Crippen molar-refractivity contribution in [3.05, 3.63) is 46.7 Å². The summed E-state index contributed by atoms with van der Waals surface area (Å²) in [7, 11) is 0. The van der Waals surface area contributed by atoms with E-state index in [0.29, 0.717) is 22.4 Å². The molecule has 1 aromatic heterocycles. The summed E-state index contributed by atoms with van der Waals surface area (Å²) < 4.78 is 5.62. The summed E-state index contributed by atoms with van der Waals surface area (Å²) in [6.45, 7) is 1.83. The van der Waals surface area contributed by atoms with Crippen LogP contribution >= 0.6 is 11.6 Å². The maximum Gasteiger partial charge on any atom is 0.339 e. The van der Waals surface area contributed by atoms with Crippen LogP contribution in [-0.2, 0) is 6.61 Å². The van der Waals surface area contributed by atoms with E-state index in [1.54, 1.807) is 24.3 Å². The summed E-state index contributed by atoms with van der Waals surface area (Å²) in [5, 5.41) is 9.85. The lowest BCUT2D eigenvalue weighted by Crippen LogP contribution is -2.22. The number of anilines is 1. The van der Waals surface area contributed by atoms with Gasteiger partial charge in [-0.25, -0.2) is 14.8 Å². The lowest BCUT2D eigenvalue weighted by Gasteiger charge is -2.16. The zero-order chi connectivity index (χ0) is 16.2. The standard InChI is InChI=1S/C16H16ClN3O3/c17-11-4-3-5-12(8-11)23-10-14-13(15(21)22)9-18-16(19-14)20-6-1-2-7-20/h3-5,8-9H,1-2,6-7,10H2,(H,21,22). The summed E-state index contributed by atoms with van der Waals surface area (Å²) in [5.41, 5.74) is 0.407. The average Bonchev–Trinajstić information content (AvgIpc) is 3.07. The second kappa shape index (κ2) is 6.83. The maximum absolute atomic E-state index is 11.3. The van der Waals surface area contributed by atoms with Gasteiger partial charge in [0.2, 0.25) is 5.95 Å². The second-order valence-corrected chi connectivity index (χ2v) is 5.71. The fraction of sp³-hybridized carbons (Fsp3) is 0.312. The highest BCUT2D eigenvalue weighted by Crippen LogP contribution is 2.21. The van der Waals surface area contributed by atoms with Crippen molar-refractivity contribution in [3.63, 3.8) is 0 Å². The van der Waals surface area contributed by atoms with Crippen LogP contribution in [0.25, 0.3) is 0 Å². The van der Waals surface area contributed by atoms with Gasteiger partial charge in [0.15, 0.2) is 0 Å². The predicted molar refractivity (Wildman–Crippen MR) is 86.2 cm³/mol. The molecule has 0 atom stereocenters. The van der Waals surface area contributed by atoms with Crippen LogP contribution in [0.2, 0.25) is 5.02 Å². The van der Waals surface area contributed by atoms with Crippen molar-refractivity contribution >= 4 is 23.5 Å². The average molecular weight is 334 g/mol. The van der Waals surface area contributed by atoms with E-state index in [4.69, 9.17) is 16.3 Å². The minimum Gasteiger partial charge on any atom is -0.487 e. The molecule has 0 aliphatic carbocycles. The third kappa shape index (κ3) is 3.71. The third-order valence-corrected chi connectivity index (χ3v) is 3.88. The number of nitrogens with zero attached hydrogens (tertiary/aromatic N) is 3. The molecule has 0 bridgehead atoms. The van der Waals surface area contributed by atoms with Crippen LogP contribution in [0, 0.1) is 0 Å². The molecule has 2 heterocycles. The van der Waals surface area contributed by atoms with Crippen LogP contribution in [0.4, 0.5) is 5.95 Å². The Bertz CT molecular complexity index is 717. The number of carboxylic acids is 1. The highest BCUT2D eigenvalue weighted by molar-refractivity contribution is 6.30. The molecule has 120 valence electrons. The number of benzene rings is 1. The summed E-state index contributed by atoms with van der Waals surface area (Å²) in [6, 6.07) is 6.94. The van der Waals surface area contributed by atoms with E-state index < -0.39 is 5.97 Å². The Morgan fingerprint density at radius 1 is 1.35 bits per heavy atom. The number of ether oxygens (including phenoxy) is 1. The van der Waals surface area contributed by atoms with Crippen LogP contribution in [0.3, 0.4) is 0 Å². The summed E-state index contributed by atoms with van der Waals surface area (Å²) in [4.78, 5) is 22.0. The molecular formula is C16H16ClN3O3. The number of aromatic carboxylic acids is 1. The summed E-state index contributed by atoms with van der Waals surface area (Å²) in [5.74, 6) is 0.0510. The van der Waals surface area contributed by atoms with Crippen LogP contribution in [0.15, 0.2) is 30.5 Å². The molecule has 1 saturated heterocycles. The van der Waals surface area contributed by atoms with Gasteiger partial charge in [0, 0.05) is 24.3 Å². The van der Waals surface area contributed by atoms with Crippen LogP contribution in [0.1, 0.15) is 28.9 Å². The first-order chi connectivity index (χ1) is 11.1. The number of carbonyl (C=O) groups is 1. The van der Waals surface area contributed by atoms with Crippen molar-refractivity contribution in [2.24, 2.45) is 0 Å². The summed E-state index contributed by atoms with van der Waals surface area (Å²) in [6.07, 6.45) is 3.54. The SMILES string of the molecule is O=C(O)c1cnc(N2CCCC2)nc1COc1cccc(Cl)c1. The van der Waals surface area contributed by atoms with Gasteiger partial charge in [-0.3, -0.25) is 0 Å². The van der Waals surface area contributed by atoms with Gasteiger partial charge in [-0.15, -0.1) is 0 Å². The molecule has 6 nitrogen and oxygen atoms in total. The van der Waals surface area contributed by atoms with Gasteiger partial charge in [-0.1, -0.05) is 17.7 Å². The largest absolute Gasteiger partial charge is 0.487 e. The van der Waals surface area contributed by atoms with E-state index in [1.807, 2.05) is 0 Å². The Hall–Kier alpha value is -2.34. The first-order valence-electron chi connectivity index (χ1n) is 7.36. The van der Waals surface area contributed by atoms with Crippen molar-refractivity contribution < 1.29 is 14.6 Å². The van der Waals surface area contributed by atoms with Crippen LogP contribution in [-0.4, -0.2) is 34.1 Å². The minimum atomic E-state index is -1.07. The van der Waals surface area contributed by atoms with Gasteiger partial charge in [0.05, 0.1) is 5.69 Å². The quantitative estimate of drug-likeness (QED) is 0.906. The number of halogens is 1. The molecule has 0 spiro atoms. The van der Waals surface area contributed by atoms with Gasteiger partial charge in [0.1, 0.15) is 17.9 Å². The van der Waals surface area contributed by atoms with Crippen molar-refractivity contribution in [1.82, 2.24) is 9.97 Å². The fourth-order valence-electron chi connectivity index (χ4n) is 2.47. The molecular weight excluding hydrogens is 318 g/mol. The first-order valence-corrected chi connectivity index (χ1v) is 7.74. The number of rotatable bonds is 5. The molecule has 7 heteroatoms. The highest BCUT2D eigenvalue weighted by atomic mass is 35.5. The molecule has 0 amide bonds. The van der Waals surface area contributed by atoms with Crippen molar-refractivity contribution in [3.8, 4) is 5.75 Å². The van der Waals surface area contributed by atoms with Gasteiger partial charge >= 0.3 is 5.97 Å². The van der Waals surface area contributed by atoms with Crippen LogP contribution in [0.5, 0.6) is 5.75 Å². The number of carboxylic acid groups (broad SMARTS) is 1. The topological polar surface area (TPSA) is 75.5 Å². The molecule has 3 rings (SSSR count). The molecule has 1 N–H and O–H groups in total. The van der Waals surface area contributed by atoms with E-state index >= 15 is 0 Å². The Labute approximate surface area is 138 Å². The second-order valence-electron chi connectivity index (χ2n) is 5.28. The molecule has 0 radical (unpaired) electrons. The third-order valence-electron chi connectivity index (χ3n) is 3.65. The Morgan fingerprint density at radius 2 is 2.13 bits per heavy atom. The maximum atomic E-state index is 11.3. The molecule has 23 heavy (non-hydrogen) atoms. The van der Waals surface area contributed by atoms with Crippen molar-refractivity contribution in [1.29, 1.82) is 0 Å². The van der Waals surface area contributed by atoms with Gasteiger partial charge < -0.3 is 14.7 Å². The van der Waals surface area contributed by atoms with E-state index in [-0.39, 0.29) is 12.2 Å². The molecule has 1 fully saturated rings. The van der Waals surface area contributed by atoms with Crippen molar-refractivity contribution in [2.75, 3.05) is 18.0 Å². The predicted octanol–water partition coefficient (Wildman–Crippen LogP) is 3.01. The summed E-state index contributed by atoms with van der Waals surface area (Å²) >= 11 is 5.91. The fourth-order valence-corrected chi connectivity index (χ4v) is 2.65. The van der Waals surface area contributed by atoms with E-state index in [9.17, 15) is 9.90 Å². The molecule has 0 unspecified atom stereocenters. The Balaban J connectivity index is 1.82. The van der Waals surface area contributed by atoms with Gasteiger partial charge in [-0.2, -0.15) is 0 Å². The van der Waals surface area contributed by atoms with E-state index in [2.05, 4.69) is 14.9 Å². The lowest BCUT2D eigenvalue weighted by molar-refractivity contribution is 0.0692. The normalized spacial score (nSPS) is 14.0. The van der Waals surface area contributed by atoms with Crippen molar-refractivity contribution in [2.45, 2.75) is 19.4 Å². The number of hydrogen-bond acceptors (Lipinski definition) is 5. The Morgan fingerprint density at radius 3 is 2.83 bits per heavy atom. The number of hydrogen-bond donors (Lipinski definition) is 1. The zero-order valence-electron chi connectivity index (χ0n) is 12.4.